The van der Waals surface area contributed by atoms with Crippen LogP contribution in [-0.2, 0) is 0 Å². The fourth-order valence-corrected chi connectivity index (χ4v) is 1.52. The van der Waals surface area contributed by atoms with E-state index in [0.717, 1.165) is 12.5 Å². The number of allylic oxidation sites excluding steroid dienone is 2. The maximum Gasteiger partial charge on any atom is 0.400 e. The topological polar surface area (TPSA) is 54.5 Å². The molecule has 1 unspecified atom stereocenters. The largest absolute Gasteiger partial charge is 0.409 e. The summed E-state index contributed by atoms with van der Waals surface area (Å²) in [6.07, 6.45) is -2.17. The predicted molar refractivity (Wildman–Crippen MR) is 53.2 cm³/mol. The van der Waals surface area contributed by atoms with Gasteiger partial charge in [-0.15, -0.1) is 5.10 Å². The zero-order valence-electron chi connectivity index (χ0n) is 9.06. The summed E-state index contributed by atoms with van der Waals surface area (Å²) in [6, 6.07) is 0.0405. The molecule has 1 aliphatic heterocycles. The van der Waals surface area contributed by atoms with Crippen LogP contribution in [0.15, 0.2) is 27.7 Å². The fraction of sp³-hybridized carbons (Fsp3) is 0.444. The summed E-state index contributed by atoms with van der Waals surface area (Å²) in [5.41, 5.74) is 0.225. The lowest BCUT2D eigenvalue weighted by Gasteiger charge is -2.26. The number of rotatable bonds is 1. The van der Waals surface area contributed by atoms with Crippen molar-refractivity contribution < 1.29 is 17.6 Å². The van der Waals surface area contributed by atoms with Crippen LogP contribution >= 0.6 is 0 Å². The summed E-state index contributed by atoms with van der Waals surface area (Å²) in [4.78, 5) is 0. The molecule has 0 aliphatic carbocycles. The maximum absolute atomic E-state index is 12.6. The Morgan fingerprint density at radius 2 is 2.06 bits per heavy atom. The quantitative estimate of drug-likeness (QED) is 0.763. The van der Waals surface area contributed by atoms with Gasteiger partial charge in [0, 0.05) is 5.70 Å². The monoisotopic (exact) mass is 246 g/mol. The molecule has 1 aliphatic rings. The number of anilines is 1. The third-order valence-electron chi connectivity index (χ3n) is 2.33. The first kappa shape index (κ1) is 11.6. The minimum absolute atomic E-state index is 0.0405. The van der Waals surface area contributed by atoms with Gasteiger partial charge >= 0.3 is 12.2 Å². The SMILES string of the molecule is CC1=CC(C(F)(F)F)C(C)=NN1c1nnco1. The smallest absolute Gasteiger partial charge is 0.400 e. The van der Waals surface area contributed by atoms with Gasteiger partial charge in [0.25, 0.3) is 0 Å². The molecule has 0 fully saturated rings. The van der Waals surface area contributed by atoms with Crippen molar-refractivity contribution in [3.05, 3.63) is 18.2 Å². The molecule has 92 valence electrons. The van der Waals surface area contributed by atoms with Gasteiger partial charge in [-0.1, -0.05) is 5.10 Å². The Morgan fingerprint density at radius 1 is 1.35 bits per heavy atom. The standard InChI is InChI=1S/C9H9F3N4O/c1-5-3-7(9(10,11)12)6(2)15-16(5)8-14-13-4-17-8/h3-4,7H,1-2H3. The highest BCUT2D eigenvalue weighted by Gasteiger charge is 2.42. The summed E-state index contributed by atoms with van der Waals surface area (Å²) in [7, 11) is 0. The summed E-state index contributed by atoms with van der Waals surface area (Å²) < 4.78 is 42.8. The van der Waals surface area contributed by atoms with E-state index in [2.05, 4.69) is 15.3 Å². The Balaban J connectivity index is 2.33. The van der Waals surface area contributed by atoms with E-state index in [9.17, 15) is 13.2 Å². The van der Waals surface area contributed by atoms with Gasteiger partial charge in [-0.3, -0.25) is 0 Å². The number of hydrogen-bond acceptors (Lipinski definition) is 5. The molecule has 1 aromatic rings. The number of nitrogens with zero attached hydrogens (tertiary/aromatic N) is 4. The molecule has 0 bridgehead atoms. The molecule has 0 N–H and O–H groups in total. The second kappa shape index (κ2) is 3.86. The van der Waals surface area contributed by atoms with Crippen molar-refractivity contribution in [2.45, 2.75) is 20.0 Å². The van der Waals surface area contributed by atoms with Gasteiger partial charge in [-0.25, -0.2) is 0 Å². The van der Waals surface area contributed by atoms with E-state index in [-0.39, 0.29) is 11.7 Å². The van der Waals surface area contributed by atoms with Crippen molar-refractivity contribution in [1.29, 1.82) is 0 Å². The van der Waals surface area contributed by atoms with Crippen molar-refractivity contribution in [2.75, 3.05) is 5.01 Å². The Labute approximate surface area is 94.6 Å². The molecule has 17 heavy (non-hydrogen) atoms. The normalized spacial score (nSPS) is 21.2. The molecule has 0 saturated carbocycles. The Kier molecular flexibility index (Phi) is 2.64. The zero-order chi connectivity index (χ0) is 12.6. The lowest BCUT2D eigenvalue weighted by molar-refractivity contribution is -0.144. The molecule has 0 radical (unpaired) electrons. The third kappa shape index (κ3) is 2.15. The minimum atomic E-state index is -4.34. The van der Waals surface area contributed by atoms with Crippen LogP contribution in [0.3, 0.4) is 0 Å². The van der Waals surface area contributed by atoms with Crippen molar-refractivity contribution in [2.24, 2.45) is 11.0 Å². The molecule has 2 heterocycles. The number of halogens is 3. The molecule has 2 rings (SSSR count). The highest BCUT2D eigenvalue weighted by Crippen LogP contribution is 2.33. The molecule has 0 spiro atoms. The second-order valence-corrected chi connectivity index (χ2v) is 3.60. The molecule has 0 amide bonds. The summed E-state index contributed by atoms with van der Waals surface area (Å²) in [6.45, 7) is 2.81. The van der Waals surface area contributed by atoms with E-state index in [1.54, 1.807) is 0 Å². The third-order valence-corrected chi connectivity index (χ3v) is 2.33. The second-order valence-electron chi connectivity index (χ2n) is 3.60. The molecular formula is C9H9F3N4O. The van der Waals surface area contributed by atoms with Crippen LogP contribution in [0.2, 0.25) is 0 Å². The average molecular weight is 246 g/mol. The maximum atomic E-state index is 12.6. The first-order valence-electron chi connectivity index (χ1n) is 4.76. The number of hydrazone groups is 1. The Hall–Kier alpha value is -1.86. The van der Waals surface area contributed by atoms with Crippen LogP contribution in [0, 0.1) is 5.92 Å². The lowest BCUT2D eigenvalue weighted by atomic mass is 10.0. The molecule has 0 saturated heterocycles. The lowest BCUT2D eigenvalue weighted by Crippen LogP contribution is -2.34. The van der Waals surface area contributed by atoms with Crippen molar-refractivity contribution in [1.82, 2.24) is 10.2 Å². The molecule has 8 heteroatoms. The zero-order valence-corrected chi connectivity index (χ0v) is 9.06. The molecule has 0 aromatic carbocycles. The van der Waals surface area contributed by atoms with E-state index in [1.165, 1.54) is 18.9 Å². The van der Waals surface area contributed by atoms with Gasteiger partial charge < -0.3 is 4.42 Å². The first-order valence-corrected chi connectivity index (χ1v) is 4.76. The van der Waals surface area contributed by atoms with Gasteiger partial charge in [0.1, 0.15) is 5.92 Å². The van der Waals surface area contributed by atoms with Crippen molar-refractivity contribution in [3.63, 3.8) is 0 Å². The van der Waals surface area contributed by atoms with E-state index in [0.29, 0.717) is 5.70 Å². The molecular weight excluding hydrogens is 237 g/mol. The van der Waals surface area contributed by atoms with Gasteiger partial charge in [0.05, 0.1) is 5.71 Å². The predicted octanol–water partition coefficient (Wildman–Crippen LogP) is 2.35. The van der Waals surface area contributed by atoms with Crippen LogP contribution in [-0.4, -0.2) is 22.1 Å². The van der Waals surface area contributed by atoms with Gasteiger partial charge in [-0.2, -0.15) is 23.3 Å². The Morgan fingerprint density at radius 3 is 2.59 bits per heavy atom. The molecule has 5 nitrogen and oxygen atoms in total. The fourth-order valence-electron chi connectivity index (χ4n) is 1.52. The van der Waals surface area contributed by atoms with Gasteiger partial charge in [0.15, 0.2) is 0 Å². The van der Waals surface area contributed by atoms with Gasteiger partial charge in [-0.05, 0) is 19.9 Å². The minimum Gasteiger partial charge on any atom is -0.409 e. The van der Waals surface area contributed by atoms with E-state index in [4.69, 9.17) is 4.42 Å². The average Bonchev–Trinajstić information content (AvgIpc) is 2.72. The van der Waals surface area contributed by atoms with Gasteiger partial charge in [0.2, 0.25) is 6.39 Å². The van der Waals surface area contributed by atoms with Crippen LogP contribution < -0.4 is 5.01 Å². The van der Waals surface area contributed by atoms with Crippen LogP contribution in [0.1, 0.15) is 13.8 Å². The highest BCUT2D eigenvalue weighted by atomic mass is 19.4. The summed E-state index contributed by atoms with van der Waals surface area (Å²) in [5.74, 6) is -1.67. The summed E-state index contributed by atoms with van der Waals surface area (Å²) >= 11 is 0. The number of alkyl halides is 3. The van der Waals surface area contributed by atoms with Crippen LogP contribution in [0.4, 0.5) is 19.2 Å². The highest BCUT2D eigenvalue weighted by molar-refractivity contribution is 5.88. The number of hydrogen-bond donors (Lipinski definition) is 0. The van der Waals surface area contributed by atoms with E-state index < -0.39 is 12.1 Å². The molecule has 1 atom stereocenters. The number of aromatic nitrogens is 2. The summed E-state index contributed by atoms with van der Waals surface area (Å²) in [5, 5.41) is 12.0. The van der Waals surface area contributed by atoms with E-state index >= 15 is 0 Å². The van der Waals surface area contributed by atoms with Crippen molar-refractivity contribution in [3.8, 4) is 0 Å². The van der Waals surface area contributed by atoms with E-state index in [1.807, 2.05) is 0 Å². The first-order chi connectivity index (χ1) is 7.89. The van der Waals surface area contributed by atoms with Crippen LogP contribution in [0.5, 0.6) is 0 Å². The van der Waals surface area contributed by atoms with Crippen LogP contribution in [0.25, 0.3) is 0 Å². The molecule has 1 aromatic heterocycles. The van der Waals surface area contributed by atoms with Crippen molar-refractivity contribution >= 4 is 11.7 Å². The Bertz CT molecular complexity index is 463.